The van der Waals surface area contributed by atoms with E-state index < -0.39 is 17.2 Å². The Labute approximate surface area is 154 Å². The maximum absolute atomic E-state index is 12.3. The molecule has 0 aliphatic carbocycles. The number of carbonyl (C=O) groups is 2. The predicted octanol–water partition coefficient (Wildman–Crippen LogP) is 3.03. The monoisotopic (exact) mass is 364 g/mol. The summed E-state index contributed by atoms with van der Waals surface area (Å²) in [5, 5.41) is 0. The Morgan fingerprint density at radius 3 is 2.46 bits per heavy atom. The molecule has 144 valence electrons. The highest BCUT2D eigenvalue weighted by Gasteiger charge is 2.52. The van der Waals surface area contributed by atoms with Crippen LogP contribution >= 0.6 is 0 Å². The molecule has 26 heavy (non-hydrogen) atoms. The fourth-order valence-electron chi connectivity index (χ4n) is 3.28. The highest BCUT2D eigenvalue weighted by molar-refractivity contribution is 5.81. The van der Waals surface area contributed by atoms with E-state index in [0.717, 1.165) is 5.56 Å². The molecule has 1 aromatic rings. The van der Waals surface area contributed by atoms with Crippen molar-refractivity contribution < 1.29 is 28.5 Å². The molecule has 2 rings (SSSR count). The topological polar surface area (TPSA) is 71.1 Å². The summed E-state index contributed by atoms with van der Waals surface area (Å²) in [6.07, 6.45) is 2.26. The van der Waals surface area contributed by atoms with Gasteiger partial charge in [0.25, 0.3) is 0 Å². The van der Waals surface area contributed by atoms with Crippen molar-refractivity contribution in [1.29, 1.82) is 0 Å². The fourth-order valence-corrected chi connectivity index (χ4v) is 3.28. The standard InChI is InChI=1S/C20H28O6/c1-19(13-14-25-15-16-7-5-4-6-8-16)11-12-20(26-19,18(22)24-3)10-9-17(21)23-2/h4-8H,9-15H2,1-3H3. The second-order valence-corrected chi connectivity index (χ2v) is 6.90. The van der Waals surface area contributed by atoms with Gasteiger partial charge in [-0.15, -0.1) is 0 Å². The molecule has 6 heteroatoms. The first-order valence-corrected chi connectivity index (χ1v) is 8.90. The molecule has 1 heterocycles. The average Bonchev–Trinajstić information content (AvgIpc) is 3.02. The SMILES string of the molecule is COC(=O)CCC1(C(=O)OC)CCC(C)(CCOCc2ccccc2)O1. The number of hydrogen-bond donors (Lipinski definition) is 0. The van der Waals surface area contributed by atoms with Crippen molar-refractivity contribution in [2.24, 2.45) is 0 Å². The van der Waals surface area contributed by atoms with E-state index in [1.165, 1.54) is 14.2 Å². The number of rotatable bonds is 9. The molecule has 1 aliphatic rings. The first-order chi connectivity index (χ1) is 12.4. The lowest BCUT2D eigenvalue weighted by molar-refractivity contribution is -0.179. The number of hydrogen-bond acceptors (Lipinski definition) is 6. The van der Waals surface area contributed by atoms with E-state index in [1.807, 2.05) is 37.3 Å². The van der Waals surface area contributed by atoms with Crippen molar-refractivity contribution >= 4 is 11.9 Å². The maximum Gasteiger partial charge on any atom is 0.338 e. The Bertz CT molecular complexity index is 602. The molecule has 1 aliphatic heterocycles. The Kier molecular flexibility index (Phi) is 7.17. The van der Waals surface area contributed by atoms with Gasteiger partial charge in [-0.3, -0.25) is 4.79 Å². The van der Waals surface area contributed by atoms with E-state index in [1.54, 1.807) is 0 Å². The third kappa shape index (κ3) is 5.29. The summed E-state index contributed by atoms with van der Waals surface area (Å²) >= 11 is 0. The second-order valence-electron chi connectivity index (χ2n) is 6.90. The van der Waals surface area contributed by atoms with Gasteiger partial charge in [0.2, 0.25) is 0 Å². The van der Waals surface area contributed by atoms with Gasteiger partial charge in [0.15, 0.2) is 5.60 Å². The Hall–Kier alpha value is -1.92. The number of carbonyl (C=O) groups excluding carboxylic acids is 2. The summed E-state index contributed by atoms with van der Waals surface area (Å²) in [6.45, 7) is 3.04. The van der Waals surface area contributed by atoms with Crippen molar-refractivity contribution in [2.75, 3.05) is 20.8 Å². The minimum atomic E-state index is -1.09. The van der Waals surface area contributed by atoms with Gasteiger partial charge in [0, 0.05) is 13.0 Å². The van der Waals surface area contributed by atoms with E-state index >= 15 is 0 Å². The van der Waals surface area contributed by atoms with E-state index in [-0.39, 0.29) is 18.8 Å². The zero-order valence-corrected chi connectivity index (χ0v) is 15.8. The highest BCUT2D eigenvalue weighted by Crippen LogP contribution is 2.43. The maximum atomic E-state index is 12.3. The van der Waals surface area contributed by atoms with Crippen LogP contribution in [0.2, 0.25) is 0 Å². The quantitative estimate of drug-likeness (QED) is 0.495. The molecule has 1 saturated heterocycles. The second kappa shape index (κ2) is 9.14. The molecule has 6 nitrogen and oxygen atoms in total. The van der Waals surface area contributed by atoms with Crippen LogP contribution in [-0.2, 0) is 35.1 Å². The first kappa shape index (κ1) is 20.4. The molecule has 2 atom stereocenters. The molecule has 2 unspecified atom stereocenters. The lowest BCUT2D eigenvalue weighted by Gasteiger charge is -2.31. The van der Waals surface area contributed by atoms with Crippen LogP contribution in [0.1, 0.15) is 44.6 Å². The summed E-state index contributed by atoms with van der Waals surface area (Å²) < 4.78 is 21.5. The Morgan fingerprint density at radius 1 is 1.08 bits per heavy atom. The van der Waals surface area contributed by atoms with Gasteiger partial charge >= 0.3 is 11.9 Å². The summed E-state index contributed by atoms with van der Waals surface area (Å²) in [5.41, 5.74) is -0.454. The third-order valence-electron chi connectivity index (χ3n) is 4.90. The summed E-state index contributed by atoms with van der Waals surface area (Å²) in [5.74, 6) is -0.799. The molecule has 0 spiro atoms. The van der Waals surface area contributed by atoms with Crippen LogP contribution in [0.5, 0.6) is 0 Å². The van der Waals surface area contributed by atoms with Crippen molar-refractivity contribution in [2.45, 2.75) is 56.8 Å². The third-order valence-corrected chi connectivity index (χ3v) is 4.90. The molecule has 0 aromatic heterocycles. The van der Waals surface area contributed by atoms with Crippen LogP contribution in [0.15, 0.2) is 30.3 Å². The van der Waals surface area contributed by atoms with Crippen LogP contribution in [0.3, 0.4) is 0 Å². The van der Waals surface area contributed by atoms with Crippen molar-refractivity contribution in [1.82, 2.24) is 0 Å². The average molecular weight is 364 g/mol. The number of ether oxygens (including phenoxy) is 4. The molecule has 0 radical (unpaired) electrons. The zero-order valence-electron chi connectivity index (χ0n) is 15.8. The van der Waals surface area contributed by atoms with E-state index in [4.69, 9.17) is 14.2 Å². The largest absolute Gasteiger partial charge is 0.469 e. The lowest BCUT2D eigenvalue weighted by Crippen LogP contribution is -2.43. The van der Waals surface area contributed by atoms with Gasteiger partial charge in [-0.25, -0.2) is 4.79 Å². The molecule has 0 amide bonds. The van der Waals surface area contributed by atoms with Crippen molar-refractivity contribution in [3.05, 3.63) is 35.9 Å². The number of methoxy groups -OCH3 is 2. The molecule has 1 fully saturated rings. The number of benzene rings is 1. The van der Waals surface area contributed by atoms with Gasteiger partial charge < -0.3 is 18.9 Å². The van der Waals surface area contributed by atoms with Crippen LogP contribution in [0, 0.1) is 0 Å². The summed E-state index contributed by atoms with van der Waals surface area (Å²) in [7, 11) is 2.67. The van der Waals surface area contributed by atoms with Gasteiger partial charge in [-0.05, 0) is 38.2 Å². The van der Waals surface area contributed by atoms with Crippen LogP contribution in [0.25, 0.3) is 0 Å². The van der Waals surface area contributed by atoms with Crippen molar-refractivity contribution in [3.63, 3.8) is 0 Å². The summed E-state index contributed by atoms with van der Waals surface area (Å²) in [4.78, 5) is 23.8. The van der Waals surface area contributed by atoms with Gasteiger partial charge in [-0.1, -0.05) is 30.3 Å². The van der Waals surface area contributed by atoms with Crippen LogP contribution in [0.4, 0.5) is 0 Å². The van der Waals surface area contributed by atoms with E-state index in [9.17, 15) is 9.59 Å². The fraction of sp³-hybridized carbons (Fsp3) is 0.600. The molecule has 0 saturated carbocycles. The van der Waals surface area contributed by atoms with Gasteiger partial charge in [-0.2, -0.15) is 0 Å². The molecule has 0 bridgehead atoms. The van der Waals surface area contributed by atoms with Crippen LogP contribution in [-0.4, -0.2) is 44.0 Å². The zero-order chi connectivity index (χ0) is 19.0. The Morgan fingerprint density at radius 2 is 1.81 bits per heavy atom. The molecule has 1 aromatic carbocycles. The van der Waals surface area contributed by atoms with Gasteiger partial charge in [0.1, 0.15) is 0 Å². The first-order valence-electron chi connectivity index (χ1n) is 8.90. The minimum Gasteiger partial charge on any atom is -0.469 e. The van der Waals surface area contributed by atoms with Crippen LogP contribution < -0.4 is 0 Å². The smallest absolute Gasteiger partial charge is 0.338 e. The van der Waals surface area contributed by atoms with Crippen molar-refractivity contribution in [3.8, 4) is 0 Å². The van der Waals surface area contributed by atoms with Gasteiger partial charge in [0.05, 0.1) is 26.4 Å². The number of esters is 2. The predicted molar refractivity (Wildman–Crippen MR) is 95.4 cm³/mol. The van der Waals surface area contributed by atoms with E-state index in [2.05, 4.69) is 4.74 Å². The Balaban J connectivity index is 1.88. The highest BCUT2D eigenvalue weighted by atomic mass is 16.6. The molecule has 0 N–H and O–H groups in total. The summed E-state index contributed by atoms with van der Waals surface area (Å²) in [6, 6.07) is 9.96. The lowest BCUT2D eigenvalue weighted by atomic mass is 9.91. The normalized spacial score (nSPS) is 25.0. The molecular weight excluding hydrogens is 336 g/mol. The molecular formula is C20H28O6. The van der Waals surface area contributed by atoms with E-state index in [0.29, 0.717) is 32.5 Å². The minimum absolute atomic E-state index is 0.117.